The molecule has 18 heavy (non-hydrogen) atoms. The molecule has 1 N–H and O–H groups in total. The van der Waals surface area contributed by atoms with Gasteiger partial charge in [-0.15, -0.1) is 0 Å². The molecule has 4 heteroatoms. The van der Waals surface area contributed by atoms with Crippen LogP contribution in [0.5, 0.6) is 5.75 Å². The highest BCUT2D eigenvalue weighted by molar-refractivity contribution is 7.53. The lowest BCUT2D eigenvalue weighted by molar-refractivity contribution is 0.379. The number of rotatable bonds is 7. The number of hydrogen-bond acceptors (Lipinski definition) is 2. The maximum absolute atomic E-state index is 11.7. The molecule has 1 rings (SSSR count). The second kappa shape index (κ2) is 6.96. The first-order chi connectivity index (χ1) is 8.54. The van der Waals surface area contributed by atoms with Crippen molar-refractivity contribution in [2.75, 3.05) is 6.16 Å². The van der Waals surface area contributed by atoms with Gasteiger partial charge in [0.15, 0.2) is 0 Å². The summed E-state index contributed by atoms with van der Waals surface area (Å²) in [5, 5.41) is 0. The molecule has 0 saturated carbocycles. The Morgan fingerprint density at radius 2 is 1.83 bits per heavy atom. The Kier molecular flexibility index (Phi) is 5.90. The van der Waals surface area contributed by atoms with Crippen LogP contribution in [-0.2, 0) is 17.4 Å². The fourth-order valence-corrected chi connectivity index (χ4v) is 2.56. The summed E-state index contributed by atoms with van der Waals surface area (Å²) in [5.74, 6) is 0.579. The summed E-state index contributed by atoms with van der Waals surface area (Å²) in [7, 11) is -3.48. The van der Waals surface area contributed by atoms with E-state index in [1.165, 1.54) is 5.56 Å². The van der Waals surface area contributed by atoms with E-state index in [2.05, 4.69) is 19.9 Å². The van der Waals surface area contributed by atoms with E-state index in [1.807, 2.05) is 6.07 Å². The van der Waals surface area contributed by atoms with Crippen molar-refractivity contribution in [1.82, 2.24) is 0 Å². The first-order valence-corrected chi connectivity index (χ1v) is 8.42. The van der Waals surface area contributed by atoms with E-state index in [1.54, 1.807) is 13.0 Å². The molecule has 0 aliphatic heterocycles. The van der Waals surface area contributed by atoms with Gasteiger partial charge in [-0.3, -0.25) is 0 Å². The first-order valence-electron chi connectivity index (χ1n) is 6.66. The molecule has 0 aliphatic carbocycles. The molecular weight excluding hydrogens is 247 g/mol. The Morgan fingerprint density at radius 3 is 2.39 bits per heavy atom. The van der Waals surface area contributed by atoms with Crippen molar-refractivity contribution < 1.29 is 14.0 Å². The van der Waals surface area contributed by atoms with Crippen molar-refractivity contribution >= 4 is 7.60 Å². The van der Waals surface area contributed by atoms with Crippen molar-refractivity contribution in [2.24, 2.45) is 0 Å². The number of hydrogen-bond donors (Lipinski definition) is 1. The minimum atomic E-state index is -3.48. The van der Waals surface area contributed by atoms with Gasteiger partial charge in [0, 0.05) is 0 Å². The van der Waals surface area contributed by atoms with Crippen molar-refractivity contribution in [1.29, 1.82) is 0 Å². The Balaban J connectivity index is 3.09. The SMILES string of the molecule is CCCc1cccc(OP(=O)(O)CC)c1CCC. The zero-order valence-corrected chi connectivity index (χ0v) is 12.4. The monoisotopic (exact) mass is 270 g/mol. The molecule has 1 aromatic rings. The average molecular weight is 270 g/mol. The van der Waals surface area contributed by atoms with E-state index in [9.17, 15) is 9.46 Å². The summed E-state index contributed by atoms with van der Waals surface area (Å²) >= 11 is 0. The molecule has 0 heterocycles. The van der Waals surface area contributed by atoms with E-state index in [-0.39, 0.29) is 6.16 Å². The highest BCUT2D eigenvalue weighted by Gasteiger charge is 2.20. The average Bonchev–Trinajstić information content (AvgIpc) is 2.33. The molecule has 1 unspecified atom stereocenters. The largest absolute Gasteiger partial charge is 0.424 e. The molecule has 0 aliphatic rings. The normalized spacial score (nSPS) is 14.2. The molecular formula is C14H23O3P. The Labute approximate surface area is 110 Å². The molecule has 0 spiro atoms. The van der Waals surface area contributed by atoms with Gasteiger partial charge in [-0.2, -0.15) is 0 Å². The summed E-state index contributed by atoms with van der Waals surface area (Å²) in [4.78, 5) is 9.62. The maximum Gasteiger partial charge on any atom is 0.376 e. The zero-order chi connectivity index (χ0) is 13.6. The molecule has 0 radical (unpaired) electrons. The lowest BCUT2D eigenvalue weighted by atomic mass is 9.99. The van der Waals surface area contributed by atoms with Gasteiger partial charge in [0.2, 0.25) is 0 Å². The van der Waals surface area contributed by atoms with Crippen molar-refractivity contribution in [2.45, 2.75) is 46.5 Å². The van der Waals surface area contributed by atoms with Crippen LogP contribution in [-0.4, -0.2) is 11.1 Å². The van der Waals surface area contributed by atoms with E-state index >= 15 is 0 Å². The minimum Gasteiger partial charge on any atom is -0.424 e. The Morgan fingerprint density at radius 1 is 1.17 bits per heavy atom. The lowest BCUT2D eigenvalue weighted by Gasteiger charge is -2.17. The molecule has 0 amide bonds. The van der Waals surface area contributed by atoms with E-state index in [0.717, 1.165) is 31.2 Å². The van der Waals surface area contributed by atoms with Gasteiger partial charge in [-0.05, 0) is 30.0 Å². The summed E-state index contributed by atoms with van der Waals surface area (Å²) in [6.45, 7) is 5.90. The highest BCUT2D eigenvalue weighted by Crippen LogP contribution is 2.43. The van der Waals surface area contributed by atoms with Crippen molar-refractivity contribution in [3.8, 4) is 5.75 Å². The third-order valence-corrected chi connectivity index (χ3v) is 4.17. The number of aryl methyl sites for hydroxylation is 1. The predicted octanol–water partition coefficient (Wildman–Crippen LogP) is 4.18. The smallest absolute Gasteiger partial charge is 0.376 e. The third kappa shape index (κ3) is 4.15. The molecule has 1 aromatic carbocycles. The number of benzene rings is 1. The van der Waals surface area contributed by atoms with Crippen LogP contribution in [0.1, 0.15) is 44.7 Å². The highest BCUT2D eigenvalue weighted by atomic mass is 31.2. The van der Waals surface area contributed by atoms with Gasteiger partial charge >= 0.3 is 7.60 Å². The Hall–Kier alpha value is -0.790. The van der Waals surface area contributed by atoms with Crippen LogP contribution in [0.4, 0.5) is 0 Å². The Bertz CT molecular complexity index is 429. The molecule has 0 bridgehead atoms. The zero-order valence-electron chi connectivity index (χ0n) is 11.5. The summed E-state index contributed by atoms with van der Waals surface area (Å²) in [6, 6.07) is 5.77. The molecule has 102 valence electrons. The van der Waals surface area contributed by atoms with Crippen molar-refractivity contribution in [3.63, 3.8) is 0 Å². The van der Waals surface area contributed by atoms with Gasteiger partial charge in [-0.25, -0.2) is 4.57 Å². The maximum atomic E-state index is 11.7. The van der Waals surface area contributed by atoms with Crippen LogP contribution in [0.3, 0.4) is 0 Å². The van der Waals surface area contributed by atoms with Gasteiger partial charge in [0.1, 0.15) is 5.75 Å². The third-order valence-electron chi connectivity index (χ3n) is 2.89. The van der Waals surface area contributed by atoms with Crippen LogP contribution in [0.25, 0.3) is 0 Å². The molecule has 3 nitrogen and oxygen atoms in total. The van der Waals surface area contributed by atoms with Gasteiger partial charge in [0.25, 0.3) is 0 Å². The standard InChI is InChI=1S/C14H23O3P/c1-4-8-12-10-7-11-14(13(12)9-5-2)17-18(15,16)6-3/h7,10-11H,4-6,8-9H2,1-3H3,(H,15,16). The summed E-state index contributed by atoms with van der Waals surface area (Å²) < 4.78 is 17.0. The molecule has 1 atom stereocenters. The molecule has 0 aromatic heterocycles. The summed E-state index contributed by atoms with van der Waals surface area (Å²) in [5.41, 5.74) is 2.32. The van der Waals surface area contributed by atoms with Crippen LogP contribution in [0.15, 0.2) is 18.2 Å². The topological polar surface area (TPSA) is 46.5 Å². The lowest BCUT2D eigenvalue weighted by Crippen LogP contribution is -2.01. The van der Waals surface area contributed by atoms with E-state index in [0.29, 0.717) is 5.75 Å². The van der Waals surface area contributed by atoms with Crippen molar-refractivity contribution in [3.05, 3.63) is 29.3 Å². The second-order valence-electron chi connectivity index (χ2n) is 4.44. The van der Waals surface area contributed by atoms with Gasteiger partial charge in [-0.1, -0.05) is 45.7 Å². The quantitative estimate of drug-likeness (QED) is 0.756. The van der Waals surface area contributed by atoms with E-state index in [4.69, 9.17) is 4.52 Å². The van der Waals surface area contributed by atoms with Crippen LogP contribution < -0.4 is 4.52 Å². The molecule has 0 saturated heterocycles. The van der Waals surface area contributed by atoms with Crippen LogP contribution in [0.2, 0.25) is 0 Å². The fourth-order valence-electron chi connectivity index (χ4n) is 1.95. The molecule has 0 fully saturated rings. The van der Waals surface area contributed by atoms with Crippen LogP contribution >= 0.6 is 7.60 Å². The van der Waals surface area contributed by atoms with Crippen LogP contribution in [0, 0.1) is 0 Å². The first kappa shape index (κ1) is 15.3. The minimum absolute atomic E-state index is 0.135. The van der Waals surface area contributed by atoms with Gasteiger partial charge < -0.3 is 9.42 Å². The second-order valence-corrected chi connectivity index (χ2v) is 6.53. The predicted molar refractivity (Wildman–Crippen MR) is 75.4 cm³/mol. The van der Waals surface area contributed by atoms with E-state index < -0.39 is 7.60 Å². The fraction of sp³-hybridized carbons (Fsp3) is 0.571. The summed E-state index contributed by atoms with van der Waals surface area (Å²) in [6.07, 6.45) is 4.06. The van der Waals surface area contributed by atoms with Gasteiger partial charge in [0.05, 0.1) is 6.16 Å².